The first kappa shape index (κ1) is 16.8. The maximum absolute atomic E-state index is 12.2. The fraction of sp³-hybridized carbons (Fsp3) is 0.562. The van der Waals surface area contributed by atoms with E-state index in [4.69, 9.17) is 0 Å². The fourth-order valence-corrected chi connectivity index (χ4v) is 4.08. The van der Waals surface area contributed by atoms with E-state index in [2.05, 4.69) is 5.32 Å². The van der Waals surface area contributed by atoms with Crippen LogP contribution in [0.15, 0.2) is 18.2 Å². The van der Waals surface area contributed by atoms with E-state index in [1.54, 1.807) is 19.1 Å². The van der Waals surface area contributed by atoms with Gasteiger partial charge < -0.3 is 5.32 Å². The summed E-state index contributed by atoms with van der Waals surface area (Å²) in [5, 5.41) is 2.88. The third kappa shape index (κ3) is 3.27. The van der Waals surface area contributed by atoms with E-state index < -0.39 is 10.0 Å². The van der Waals surface area contributed by atoms with Gasteiger partial charge in [-0.1, -0.05) is 13.8 Å². The molecule has 0 aromatic heterocycles. The molecule has 0 radical (unpaired) electrons. The van der Waals surface area contributed by atoms with Crippen LogP contribution >= 0.6 is 0 Å². The number of fused-ring (bicyclic) bond motifs is 1. The summed E-state index contributed by atoms with van der Waals surface area (Å²) in [7, 11) is -3.28. The fourth-order valence-electron chi connectivity index (χ4n) is 2.71. The quantitative estimate of drug-likeness (QED) is 0.902. The van der Waals surface area contributed by atoms with Crippen LogP contribution in [0.5, 0.6) is 0 Å². The predicted molar refractivity (Wildman–Crippen MR) is 88.7 cm³/mol. The van der Waals surface area contributed by atoms with E-state index in [1.807, 2.05) is 26.8 Å². The van der Waals surface area contributed by atoms with E-state index in [0.29, 0.717) is 30.1 Å². The Labute approximate surface area is 132 Å². The van der Waals surface area contributed by atoms with Crippen LogP contribution < -0.4 is 9.62 Å². The van der Waals surface area contributed by atoms with Gasteiger partial charge in [0.25, 0.3) is 5.91 Å². The molecule has 1 atom stereocenters. The number of anilines is 1. The highest BCUT2D eigenvalue weighted by Gasteiger charge is 2.34. The summed E-state index contributed by atoms with van der Waals surface area (Å²) in [6.45, 7) is 8.25. The minimum atomic E-state index is -3.28. The maximum Gasteiger partial charge on any atom is 0.251 e. The molecule has 1 heterocycles. The average molecular weight is 324 g/mol. The summed E-state index contributed by atoms with van der Waals surface area (Å²) in [6, 6.07) is 5.15. The molecule has 1 aromatic rings. The first-order valence-electron chi connectivity index (χ1n) is 7.69. The largest absolute Gasteiger partial charge is 0.352 e. The molecular formula is C16H24N2O3S. The van der Waals surface area contributed by atoms with Crippen LogP contribution in [0.25, 0.3) is 0 Å². The Balaban J connectivity index is 2.27. The van der Waals surface area contributed by atoms with Gasteiger partial charge in [0.2, 0.25) is 10.0 Å². The highest BCUT2D eigenvalue weighted by molar-refractivity contribution is 7.92. The van der Waals surface area contributed by atoms with Crippen LogP contribution in [-0.2, 0) is 16.4 Å². The molecule has 1 N–H and O–H groups in total. The summed E-state index contributed by atoms with van der Waals surface area (Å²) < 4.78 is 25.9. The van der Waals surface area contributed by atoms with Crippen LogP contribution in [0.1, 0.15) is 43.6 Å². The van der Waals surface area contributed by atoms with Crippen molar-refractivity contribution in [2.24, 2.45) is 5.92 Å². The van der Waals surface area contributed by atoms with Crippen molar-refractivity contribution < 1.29 is 13.2 Å². The molecule has 1 aliphatic heterocycles. The summed E-state index contributed by atoms with van der Waals surface area (Å²) >= 11 is 0. The summed E-state index contributed by atoms with van der Waals surface area (Å²) in [6.07, 6.45) is 0.639. The molecule has 5 nitrogen and oxygen atoms in total. The zero-order valence-electron chi connectivity index (χ0n) is 13.6. The second kappa shape index (κ2) is 6.28. The van der Waals surface area contributed by atoms with Crippen LogP contribution in [0.2, 0.25) is 0 Å². The Morgan fingerprint density at radius 2 is 2.09 bits per heavy atom. The lowest BCUT2D eigenvalue weighted by molar-refractivity contribution is 0.0949. The van der Waals surface area contributed by atoms with Crippen molar-refractivity contribution in [1.29, 1.82) is 0 Å². The zero-order valence-corrected chi connectivity index (χ0v) is 14.4. The number of carbonyl (C=O) groups excluding carboxylic acids is 1. The molecule has 0 fully saturated rings. The summed E-state index contributed by atoms with van der Waals surface area (Å²) in [4.78, 5) is 12.1. The van der Waals surface area contributed by atoms with Crippen LogP contribution in [0.4, 0.5) is 5.69 Å². The number of amides is 1. The van der Waals surface area contributed by atoms with E-state index in [9.17, 15) is 13.2 Å². The molecule has 1 aliphatic rings. The molecule has 0 aliphatic carbocycles. The maximum atomic E-state index is 12.2. The molecule has 1 aromatic carbocycles. The van der Waals surface area contributed by atoms with E-state index in [0.717, 1.165) is 5.56 Å². The van der Waals surface area contributed by atoms with Crippen molar-refractivity contribution in [3.05, 3.63) is 29.3 Å². The van der Waals surface area contributed by atoms with Crippen molar-refractivity contribution in [3.8, 4) is 0 Å². The van der Waals surface area contributed by atoms with Gasteiger partial charge >= 0.3 is 0 Å². The van der Waals surface area contributed by atoms with Crippen LogP contribution in [0, 0.1) is 5.92 Å². The minimum Gasteiger partial charge on any atom is -0.352 e. The lowest BCUT2D eigenvalue weighted by Gasteiger charge is -2.23. The lowest BCUT2D eigenvalue weighted by atomic mass is 10.1. The van der Waals surface area contributed by atoms with Crippen molar-refractivity contribution in [1.82, 2.24) is 5.32 Å². The normalized spacial score (nSPS) is 17.7. The first-order chi connectivity index (χ1) is 10.3. The van der Waals surface area contributed by atoms with Gasteiger partial charge in [-0.3, -0.25) is 9.10 Å². The van der Waals surface area contributed by atoms with Gasteiger partial charge in [-0.25, -0.2) is 8.42 Å². The summed E-state index contributed by atoms with van der Waals surface area (Å²) in [5.74, 6) is 0.359. The number of hydrogen-bond donors (Lipinski definition) is 1. The van der Waals surface area contributed by atoms with Crippen LogP contribution in [-0.4, -0.2) is 32.7 Å². The molecule has 6 heteroatoms. The molecule has 0 saturated heterocycles. The number of nitrogens with one attached hydrogen (secondary N) is 1. The highest BCUT2D eigenvalue weighted by Crippen LogP contribution is 2.35. The average Bonchev–Trinajstić information content (AvgIpc) is 2.80. The number of benzene rings is 1. The number of rotatable bonds is 5. The van der Waals surface area contributed by atoms with E-state index in [-0.39, 0.29) is 17.7 Å². The van der Waals surface area contributed by atoms with Gasteiger partial charge in [0.15, 0.2) is 0 Å². The second-order valence-corrected chi connectivity index (χ2v) is 8.33. The van der Waals surface area contributed by atoms with Gasteiger partial charge in [0, 0.05) is 18.2 Å². The van der Waals surface area contributed by atoms with Crippen molar-refractivity contribution in [2.75, 3.05) is 16.6 Å². The van der Waals surface area contributed by atoms with Gasteiger partial charge in [-0.2, -0.15) is 0 Å². The van der Waals surface area contributed by atoms with Crippen molar-refractivity contribution in [2.45, 2.75) is 40.2 Å². The van der Waals surface area contributed by atoms with Gasteiger partial charge in [-0.15, -0.1) is 0 Å². The molecule has 2 rings (SSSR count). The lowest BCUT2D eigenvalue weighted by Crippen LogP contribution is -2.36. The highest BCUT2D eigenvalue weighted by atomic mass is 32.2. The Kier molecular flexibility index (Phi) is 4.80. The molecule has 0 bridgehead atoms. The van der Waals surface area contributed by atoms with Crippen LogP contribution in [0.3, 0.4) is 0 Å². The SMILES string of the molecule is CCS(=O)(=O)N1c2ccc(C(=O)NCC(C)C)cc2C[C@@H]1C. The molecular weight excluding hydrogens is 300 g/mol. The van der Waals surface area contributed by atoms with E-state index in [1.165, 1.54) is 4.31 Å². The predicted octanol–water partition coefficient (Wildman–Crippen LogP) is 2.17. The topological polar surface area (TPSA) is 66.5 Å². The number of hydrogen-bond acceptors (Lipinski definition) is 3. The minimum absolute atomic E-state index is 0.0768. The molecule has 0 saturated carbocycles. The standard InChI is InChI=1S/C16H24N2O3S/c1-5-22(20,21)18-12(4)8-14-9-13(6-7-15(14)18)16(19)17-10-11(2)3/h6-7,9,11-12H,5,8,10H2,1-4H3,(H,17,19)/t12-/m0/s1. The Bertz CT molecular complexity index is 668. The molecule has 0 spiro atoms. The third-order valence-corrected chi connectivity index (χ3v) is 5.72. The van der Waals surface area contributed by atoms with Crippen molar-refractivity contribution in [3.63, 3.8) is 0 Å². The van der Waals surface area contributed by atoms with E-state index >= 15 is 0 Å². The molecule has 22 heavy (non-hydrogen) atoms. The number of sulfonamides is 1. The third-order valence-electron chi connectivity index (χ3n) is 3.83. The van der Waals surface area contributed by atoms with Gasteiger partial charge in [-0.05, 0) is 49.9 Å². The molecule has 0 unspecified atom stereocenters. The van der Waals surface area contributed by atoms with Gasteiger partial charge in [0.1, 0.15) is 0 Å². The molecule has 122 valence electrons. The number of nitrogens with zero attached hydrogens (tertiary/aromatic N) is 1. The molecule has 1 amide bonds. The second-order valence-electron chi connectivity index (χ2n) is 6.20. The first-order valence-corrected chi connectivity index (χ1v) is 9.30. The Hall–Kier alpha value is -1.56. The van der Waals surface area contributed by atoms with Gasteiger partial charge in [0.05, 0.1) is 11.4 Å². The zero-order chi connectivity index (χ0) is 16.5. The Morgan fingerprint density at radius 1 is 1.41 bits per heavy atom. The Morgan fingerprint density at radius 3 is 2.68 bits per heavy atom. The summed E-state index contributed by atoms with van der Waals surface area (Å²) in [5.41, 5.74) is 2.21. The smallest absolute Gasteiger partial charge is 0.251 e. The monoisotopic (exact) mass is 324 g/mol. The number of carbonyl (C=O) groups is 1. The van der Waals surface area contributed by atoms with Crippen molar-refractivity contribution >= 4 is 21.6 Å².